The average Bonchev–Trinajstić information content (AvgIpc) is 2.94. The van der Waals surface area contributed by atoms with Gasteiger partial charge in [-0.05, 0) is 22.5 Å². The van der Waals surface area contributed by atoms with Crippen molar-refractivity contribution in [2.75, 3.05) is 0 Å². The summed E-state index contributed by atoms with van der Waals surface area (Å²) in [5.74, 6) is 0. The van der Waals surface area contributed by atoms with Gasteiger partial charge in [0.1, 0.15) is 0 Å². The summed E-state index contributed by atoms with van der Waals surface area (Å²) in [6, 6.07) is 30.3. The Kier molecular flexibility index (Phi) is 14.3. The summed E-state index contributed by atoms with van der Waals surface area (Å²) in [7, 11) is -10.7. The predicted molar refractivity (Wildman–Crippen MR) is 246 cm³/mol. The fourth-order valence-electron chi connectivity index (χ4n) is 8.17. The van der Waals surface area contributed by atoms with Gasteiger partial charge in [0.25, 0.3) is 0 Å². The Morgan fingerprint density at radius 2 is 0.457 bits per heavy atom. The molecule has 0 radical (unpaired) electrons. The molecule has 5 rings (SSSR count). The van der Waals surface area contributed by atoms with Gasteiger partial charge in [0.2, 0.25) is 0 Å². The Morgan fingerprint density at radius 3 is 0.630 bits per heavy atom. The molecule has 4 heterocycles. The first-order chi connectivity index (χ1) is 20.7. The van der Waals surface area contributed by atoms with E-state index in [0.29, 0.717) is 0 Å². The SMILES string of the molecule is C[Si]1(C)CC[Si](C)(C)CC[Si]2(C)CC[Si](C)(C)CC[Si](C)(C)CC[Si](C)(C)CC[Si](C)(CC[Si](C)(C)CC1)c1cc(Br)c2cc1Br. The van der Waals surface area contributed by atoms with Crippen molar-refractivity contribution in [3.05, 3.63) is 21.1 Å². The minimum Gasteiger partial charge on any atom is -0.0694 e. The molecular weight excluding hydrogens is 817 g/mol. The van der Waals surface area contributed by atoms with E-state index < -0.39 is 64.6 Å². The average molecular weight is 893 g/mol. The zero-order valence-corrected chi connectivity index (χ0v) is 44.4. The highest BCUT2D eigenvalue weighted by Crippen LogP contribution is 2.40. The van der Waals surface area contributed by atoms with Crippen LogP contribution in [0.2, 0.25) is 188 Å². The van der Waals surface area contributed by atoms with Crippen LogP contribution in [-0.4, -0.2) is 64.6 Å². The van der Waals surface area contributed by atoms with E-state index in [2.05, 4.69) is 136 Å². The minimum absolute atomic E-state index is 1.15. The van der Waals surface area contributed by atoms with Crippen molar-refractivity contribution in [3.63, 3.8) is 0 Å². The molecule has 46 heavy (non-hydrogen) atoms. The molecule has 0 fully saturated rings. The molecule has 0 unspecified atom stereocenters. The smallest absolute Gasteiger partial charge is 0.0694 e. The number of hydrogen-bond acceptors (Lipinski definition) is 0. The molecule has 4 bridgehead atoms. The van der Waals surface area contributed by atoms with Gasteiger partial charge in [0, 0.05) is 57.4 Å². The van der Waals surface area contributed by atoms with E-state index in [1.165, 1.54) is 33.1 Å². The number of rotatable bonds is 0. The van der Waals surface area contributed by atoms with E-state index in [0.717, 1.165) is 0 Å². The Bertz CT molecular complexity index is 1050. The van der Waals surface area contributed by atoms with Crippen LogP contribution in [0.4, 0.5) is 0 Å². The fourth-order valence-corrected chi connectivity index (χ4v) is 58.8. The van der Waals surface area contributed by atoms with E-state index in [1.807, 2.05) is 0 Å². The lowest BCUT2D eigenvalue weighted by Gasteiger charge is -2.37. The lowest BCUT2D eigenvalue weighted by molar-refractivity contribution is 1.11. The number of hydrogen-bond donors (Lipinski definition) is 0. The summed E-state index contributed by atoms with van der Waals surface area (Å²) in [6.07, 6.45) is 0. The van der Waals surface area contributed by atoms with Gasteiger partial charge >= 0.3 is 0 Å². The second-order valence-corrected chi connectivity index (χ2v) is 64.9. The van der Waals surface area contributed by atoms with Crippen LogP contribution in [0.5, 0.6) is 0 Å². The summed E-state index contributed by atoms with van der Waals surface area (Å²) in [5, 5.41) is 3.52. The third-order valence-electron chi connectivity index (χ3n) is 13.7. The molecule has 0 N–H and O–H groups in total. The van der Waals surface area contributed by atoms with Crippen LogP contribution < -0.4 is 10.4 Å². The van der Waals surface area contributed by atoms with Gasteiger partial charge in [-0.3, -0.25) is 0 Å². The molecule has 4 aliphatic rings. The van der Waals surface area contributed by atoms with E-state index in [-0.39, 0.29) is 0 Å². The van der Waals surface area contributed by atoms with Crippen LogP contribution in [0.15, 0.2) is 21.1 Å². The van der Waals surface area contributed by atoms with Crippen LogP contribution in [0.3, 0.4) is 0 Å². The molecule has 10 heteroatoms. The van der Waals surface area contributed by atoms with Crippen molar-refractivity contribution >= 4 is 107 Å². The van der Waals surface area contributed by atoms with Crippen molar-refractivity contribution in [1.29, 1.82) is 0 Å². The largest absolute Gasteiger partial charge is 0.0846 e. The Labute approximate surface area is 313 Å². The molecule has 4 aliphatic heterocycles. The molecule has 0 atom stereocenters. The van der Waals surface area contributed by atoms with Gasteiger partial charge in [-0.2, -0.15) is 0 Å². The highest BCUT2D eigenvalue weighted by atomic mass is 79.9. The second-order valence-electron chi connectivity index (χ2n) is 21.9. The topological polar surface area (TPSA) is 0 Å². The molecule has 1 aromatic carbocycles. The molecule has 0 nitrogen and oxygen atoms in total. The Balaban J connectivity index is 2.21. The van der Waals surface area contributed by atoms with E-state index in [4.69, 9.17) is 0 Å². The van der Waals surface area contributed by atoms with Crippen molar-refractivity contribution < 1.29 is 0 Å². The highest BCUT2D eigenvalue weighted by Gasteiger charge is 2.42. The number of fused-ring (bicyclic) bond motifs is 20. The maximum Gasteiger partial charge on any atom is 0.0846 e. The lowest BCUT2D eigenvalue weighted by atomic mass is 10.4. The fraction of sp³-hybridized carbons (Fsp3) is 0.833. The number of halogens is 2. The molecule has 0 saturated carbocycles. The van der Waals surface area contributed by atoms with Crippen LogP contribution in [0.1, 0.15) is 0 Å². The second kappa shape index (κ2) is 15.5. The van der Waals surface area contributed by atoms with Gasteiger partial charge in [-0.1, -0.05) is 220 Å². The zero-order valence-electron chi connectivity index (χ0n) is 33.2. The lowest BCUT2D eigenvalue weighted by Crippen LogP contribution is -2.51. The summed E-state index contributed by atoms with van der Waals surface area (Å²) >= 11 is 8.72. The maximum atomic E-state index is 4.36. The molecule has 0 saturated heterocycles. The van der Waals surface area contributed by atoms with E-state index in [1.54, 1.807) is 82.9 Å². The summed E-state index contributed by atoms with van der Waals surface area (Å²) in [5.41, 5.74) is 0. The van der Waals surface area contributed by atoms with Crippen molar-refractivity contribution in [2.24, 2.45) is 0 Å². The predicted octanol–water partition coefficient (Wildman–Crippen LogP) is 14.1. The molecule has 0 aliphatic carbocycles. The van der Waals surface area contributed by atoms with Gasteiger partial charge in [-0.15, -0.1) is 0 Å². The summed E-state index contributed by atoms with van der Waals surface area (Å²) in [4.78, 5) is 0. The van der Waals surface area contributed by atoms with Crippen LogP contribution >= 0.6 is 31.9 Å². The van der Waals surface area contributed by atoms with Crippen LogP contribution in [0, 0.1) is 0 Å². The van der Waals surface area contributed by atoms with Crippen LogP contribution in [-0.2, 0) is 0 Å². The first-order valence-corrected chi connectivity index (χ1v) is 47.1. The maximum absolute atomic E-state index is 4.36. The van der Waals surface area contributed by atoms with Gasteiger partial charge in [-0.25, -0.2) is 0 Å². The molecular formula is C36H76Br2Si8. The standard InChI is InChI=1S/C36H76Br2Si8/c1-39(2)15-19-41(5,6)23-27-45(13)29-25-43(9,10)21-17-40(3,4)18-22-44(11,12)26-30-46(14,28-24-42(7,8)20-16-39)36-32-33(37)35(45)31-34(36)38/h31-32H,15-30H2,1-14H3. The third-order valence-corrected chi connectivity index (χ3v) is 47.8. The Hall–Kier alpha value is 1.92. The zero-order chi connectivity index (χ0) is 35.0. The van der Waals surface area contributed by atoms with Gasteiger partial charge < -0.3 is 0 Å². The van der Waals surface area contributed by atoms with Crippen molar-refractivity contribution in [2.45, 2.75) is 188 Å². The molecule has 266 valence electrons. The summed E-state index contributed by atoms with van der Waals surface area (Å²) < 4.78 is 3.00. The Morgan fingerprint density at radius 1 is 0.304 bits per heavy atom. The molecule has 0 aromatic heterocycles. The van der Waals surface area contributed by atoms with Crippen molar-refractivity contribution in [1.82, 2.24) is 0 Å². The monoisotopic (exact) mass is 890 g/mol. The molecule has 0 amide bonds. The first kappa shape index (κ1) is 42.3. The third kappa shape index (κ3) is 12.5. The molecule has 0 spiro atoms. The number of benzene rings is 1. The van der Waals surface area contributed by atoms with Crippen molar-refractivity contribution in [3.8, 4) is 0 Å². The summed E-state index contributed by atoms with van der Waals surface area (Å²) in [6.45, 7) is 38.8. The van der Waals surface area contributed by atoms with E-state index >= 15 is 0 Å². The quantitative estimate of drug-likeness (QED) is 0.228. The van der Waals surface area contributed by atoms with Crippen LogP contribution in [0.25, 0.3) is 0 Å². The highest BCUT2D eigenvalue weighted by molar-refractivity contribution is 9.11. The minimum atomic E-state index is -1.68. The van der Waals surface area contributed by atoms with Gasteiger partial charge in [0.05, 0.1) is 16.1 Å². The van der Waals surface area contributed by atoms with E-state index in [9.17, 15) is 0 Å². The normalized spacial score (nSPS) is 32.2. The first-order valence-electron chi connectivity index (χ1n) is 19.2. The molecule has 1 aromatic rings. The van der Waals surface area contributed by atoms with Gasteiger partial charge in [0.15, 0.2) is 0 Å².